The van der Waals surface area contributed by atoms with Crippen LogP contribution in [0.5, 0.6) is 5.75 Å². The van der Waals surface area contributed by atoms with E-state index in [1.165, 1.54) is 5.56 Å². The van der Waals surface area contributed by atoms with E-state index in [4.69, 9.17) is 16.3 Å². The third kappa shape index (κ3) is 2.59. The normalized spacial score (nSPS) is 11.0. The predicted octanol–water partition coefficient (Wildman–Crippen LogP) is 3.54. The third-order valence-corrected chi connectivity index (χ3v) is 3.86. The number of nitrogens with zero attached hydrogens (tertiary/aromatic N) is 3. The molecule has 0 aliphatic rings. The highest BCUT2D eigenvalue weighted by molar-refractivity contribution is 6.16. The lowest BCUT2D eigenvalue weighted by atomic mass is 10.1. The van der Waals surface area contributed by atoms with Crippen molar-refractivity contribution in [1.82, 2.24) is 14.5 Å². The van der Waals surface area contributed by atoms with Crippen LogP contribution in [0.2, 0.25) is 0 Å². The first kappa shape index (κ1) is 13.9. The van der Waals surface area contributed by atoms with Gasteiger partial charge >= 0.3 is 0 Å². The number of rotatable bonds is 4. The lowest BCUT2D eigenvalue weighted by Crippen LogP contribution is -2.05. The standard InChI is InChI=1S/C16H16ClN3O/c1-11-9-18-6-5-12(11)10-20-15-7-13(21-2)3-4-14(15)19-16(20)8-17/h3-7,9H,8,10H2,1-2H3. The zero-order chi connectivity index (χ0) is 14.8. The minimum Gasteiger partial charge on any atom is -0.497 e. The molecule has 0 aliphatic carbocycles. The van der Waals surface area contributed by atoms with Gasteiger partial charge in [-0.1, -0.05) is 0 Å². The van der Waals surface area contributed by atoms with Crippen molar-refractivity contribution in [2.75, 3.05) is 7.11 Å². The second kappa shape index (κ2) is 5.74. The van der Waals surface area contributed by atoms with Crippen LogP contribution >= 0.6 is 11.6 Å². The molecule has 1 aromatic carbocycles. The van der Waals surface area contributed by atoms with E-state index < -0.39 is 0 Å². The highest BCUT2D eigenvalue weighted by Crippen LogP contribution is 2.24. The Morgan fingerprint density at radius 1 is 1.29 bits per heavy atom. The summed E-state index contributed by atoms with van der Waals surface area (Å²) in [5, 5.41) is 0. The SMILES string of the molecule is COc1ccc2nc(CCl)n(Cc3ccncc3C)c2c1. The highest BCUT2D eigenvalue weighted by Gasteiger charge is 2.12. The van der Waals surface area contributed by atoms with Crippen LogP contribution in [0.4, 0.5) is 0 Å². The molecule has 0 saturated carbocycles. The van der Waals surface area contributed by atoms with E-state index in [2.05, 4.69) is 21.5 Å². The van der Waals surface area contributed by atoms with Crippen molar-refractivity contribution in [3.05, 3.63) is 53.6 Å². The number of imidazole rings is 1. The van der Waals surface area contributed by atoms with Crippen LogP contribution in [0.1, 0.15) is 17.0 Å². The van der Waals surface area contributed by atoms with Crippen molar-refractivity contribution in [3.8, 4) is 5.75 Å². The molecular weight excluding hydrogens is 286 g/mol. The van der Waals surface area contributed by atoms with Gasteiger partial charge in [0.05, 0.1) is 24.0 Å². The molecule has 0 spiro atoms. The number of pyridine rings is 1. The van der Waals surface area contributed by atoms with Crippen LogP contribution < -0.4 is 4.74 Å². The molecule has 3 rings (SSSR count). The number of halogens is 1. The van der Waals surface area contributed by atoms with Gasteiger partial charge in [0.25, 0.3) is 0 Å². The summed E-state index contributed by atoms with van der Waals surface area (Å²) < 4.78 is 7.44. The van der Waals surface area contributed by atoms with E-state index in [0.29, 0.717) is 5.88 Å². The summed E-state index contributed by atoms with van der Waals surface area (Å²) in [4.78, 5) is 8.73. The van der Waals surface area contributed by atoms with Gasteiger partial charge in [-0.2, -0.15) is 0 Å². The van der Waals surface area contributed by atoms with E-state index in [9.17, 15) is 0 Å². The average Bonchev–Trinajstić information content (AvgIpc) is 2.86. The van der Waals surface area contributed by atoms with E-state index in [0.717, 1.165) is 34.7 Å². The average molecular weight is 302 g/mol. The maximum Gasteiger partial charge on any atom is 0.125 e. The lowest BCUT2D eigenvalue weighted by molar-refractivity contribution is 0.415. The number of methoxy groups -OCH3 is 1. The molecule has 0 amide bonds. The predicted molar refractivity (Wildman–Crippen MR) is 83.9 cm³/mol. The summed E-state index contributed by atoms with van der Waals surface area (Å²) in [6, 6.07) is 7.89. The van der Waals surface area contributed by atoms with E-state index in [1.807, 2.05) is 36.7 Å². The Balaban J connectivity index is 2.13. The summed E-state index contributed by atoms with van der Waals surface area (Å²) in [5.41, 5.74) is 4.32. The van der Waals surface area contributed by atoms with Crippen LogP contribution in [-0.4, -0.2) is 21.6 Å². The van der Waals surface area contributed by atoms with Crippen molar-refractivity contribution in [3.63, 3.8) is 0 Å². The number of ether oxygens (including phenoxy) is 1. The van der Waals surface area contributed by atoms with Crippen molar-refractivity contribution >= 4 is 22.6 Å². The molecule has 108 valence electrons. The largest absolute Gasteiger partial charge is 0.497 e. The zero-order valence-electron chi connectivity index (χ0n) is 12.0. The summed E-state index contributed by atoms with van der Waals surface area (Å²) >= 11 is 6.06. The van der Waals surface area contributed by atoms with Crippen LogP contribution in [0, 0.1) is 6.92 Å². The zero-order valence-corrected chi connectivity index (χ0v) is 12.8. The smallest absolute Gasteiger partial charge is 0.125 e. The minimum absolute atomic E-state index is 0.376. The first-order chi connectivity index (χ1) is 10.2. The van der Waals surface area contributed by atoms with Gasteiger partial charge in [0.2, 0.25) is 0 Å². The van der Waals surface area contributed by atoms with Gasteiger partial charge in [0.15, 0.2) is 0 Å². The van der Waals surface area contributed by atoms with Crippen molar-refractivity contribution in [2.24, 2.45) is 0 Å². The maximum absolute atomic E-state index is 6.06. The maximum atomic E-state index is 6.06. The van der Waals surface area contributed by atoms with Gasteiger partial charge in [0, 0.05) is 25.0 Å². The van der Waals surface area contributed by atoms with Crippen LogP contribution in [-0.2, 0) is 12.4 Å². The number of benzene rings is 1. The molecule has 3 aromatic rings. The topological polar surface area (TPSA) is 39.9 Å². The molecule has 0 aliphatic heterocycles. The molecule has 0 radical (unpaired) electrons. The summed E-state index contributed by atoms with van der Waals surface area (Å²) in [5.74, 6) is 2.05. The number of aromatic nitrogens is 3. The van der Waals surface area contributed by atoms with E-state index >= 15 is 0 Å². The molecule has 2 aromatic heterocycles. The number of fused-ring (bicyclic) bond motifs is 1. The molecule has 2 heterocycles. The fourth-order valence-corrected chi connectivity index (χ4v) is 2.61. The number of aryl methyl sites for hydroxylation is 1. The van der Waals surface area contributed by atoms with E-state index in [1.54, 1.807) is 7.11 Å². The van der Waals surface area contributed by atoms with Gasteiger partial charge in [-0.05, 0) is 36.2 Å². The minimum atomic E-state index is 0.376. The quantitative estimate of drug-likeness (QED) is 0.692. The monoisotopic (exact) mass is 301 g/mol. The molecular formula is C16H16ClN3O. The Morgan fingerprint density at radius 2 is 2.14 bits per heavy atom. The van der Waals surface area contributed by atoms with Gasteiger partial charge in [-0.25, -0.2) is 4.98 Å². The molecule has 5 heteroatoms. The Morgan fingerprint density at radius 3 is 2.86 bits per heavy atom. The van der Waals surface area contributed by atoms with Crippen LogP contribution in [0.15, 0.2) is 36.7 Å². The van der Waals surface area contributed by atoms with Crippen molar-refractivity contribution in [1.29, 1.82) is 0 Å². The molecule has 0 N–H and O–H groups in total. The Labute approximate surface area is 128 Å². The fourth-order valence-electron chi connectivity index (χ4n) is 2.41. The first-order valence-corrected chi connectivity index (χ1v) is 7.25. The Kier molecular flexibility index (Phi) is 3.80. The Bertz CT molecular complexity index is 782. The molecule has 4 nitrogen and oxygen atoms in total. The highest BCUT2D eigenvalue weighted by atomic mass is 35.5. The number of alkyl halides is 1. The van der Waals surface area contributed by atoms with Gasteiger partial charge in [0.1, 0.15) is 11.6 Å². The second-order valence-electron chi connectivity index (χ2n) is 4.90. The Hall–Kier alpha value is -2.07. The third-order valence-electron chi connectivity index (χ3n) is 3.62. The van der Waals surface area contributed by atoms with Gasteiger partial charge in [-0.15, -0.1) is 11.6 Å². The molecule has 0 bridgehead atoms. The van der Waals surface area contributed by atoms with Crippen LogP contribution in [0.3, 0.4) is 0 Å². The summed E-state index contributed by atoms with van der Waals surface area (Å²) in [7, 11) is 1.66. The van der Waals surface area contributed by atoms with Crippen LogP contribution in [0.25, 0.3) is 11.0 Å². The van der Waals surface area contributed by atoms with Gasteiger partial charge in [-0.3, -0.25) is 4.98 Å². The van der Waals surface area contributed by atoms with Crippen molar-refractivity contribution < 1.29 is 4.74 Å². The molecule has 21 heavy (non-hydrogen) atoms. The second-order valence-corrected chi connectivity index (χ2v) is 5.17. The molecule has 0 fully saturated rings. The first-order valence-electron chi connectivity index (χ1n) is 6.71. The van der Waals surface area contributed by atoms with Gasteiger partial charge < -0.3 is 9.30 Å². The van der Waals surface area contributed by atoms with Crippen molar-refractivity contribution in [2.45, 2.75) is 19.3 Å². The molecule has 0 unspecified atom stereocenters. The van der Waals surface area contributed by atoms with E-state index in [-0.39, 0.29) is 0 Å². The number of hydrogen-bond donors (Lipinski definition) is 0. The molecule has 0 atom stereocenters. The summed E-state index contributed by atoms with van der Waals surface area (Å²) in [6.07, 6.45) is 3.68. The lowest BCUT2D eigenvalue weighted by Gasteiger charge is -2.10. The fraction of sp³-hybridized carbons (Fsp3) is 0.250. The number of hydrogen-bond acceptors (Lipinski definition) is 3. The summed E-state index contributed by atoms with van der Waals surface area (Å²) in [6.45, 7) is 2.78. The molecule has 0 saturated heterocycles.